The van der Waals surface area contributed by atoms with Gasteiger partial charge in [-0.25, -0.2) is 0 Å². The quantitative estimate of drug-likeness (QED) is 0.580. The smallest absolute Gasteiger partial charge is 0.226 e. The van der Waals surface area contributed by atoms with E-state index in [1.807, 2.05) is 12.1 Å². The fraction of sp³-hybridized carbons (Fsp3) is 0.579. The molecule has 0 aliphatic carbocycles. The maximum absolute atomic E-state index is 11.8. The number of hydrogen-bond acceptors (Lipinski definition) is 3. The van der Waals surface area contributed by atoms with Crippen molar-refractivity contribution in [2.24, 2.45) is 5.92 Å². The van der Waals surface area contributed by atoms with E-state index in [0.717, 1.165) is 12.3 Å². The first-order chi connectivity index (χ1) is 11.2. The Morgan fingerprint density at radius 1 is 1.21 bits per heavy atom. The summed E-state index contributed by atoms with van der Waals surface area (Å²) < 4.78 is 5.68. The van der Waals surface area contributed by atoms with Gasteiger partial charge in [0, 0.05) is 13.0 Å². The molecule has 1 aromatic rings. The van der Waals surface area contributed by atoms with Crippen LogP contribution in [0.3, 0.4) is 0 Å². The predicted octanol–water partition coefficient (Wildman–Crippen LogP) is 3.79. The second-order valence-electron chi connectivity index (χ2n) is 7.38. The van der Waals surface area contributed by atoms with E-state index in [1.54, 1.807) is 0 Å². The van der Waals surface area contributed by atoms with Crippen molar-refractivity contribution in [2.45, 2.75) is 52.9 Å². The van der Waals surface area contributed by atoms with Crippen molar-refractivity contribution in [3.8, 4) is 5.75 Å². The molecule has 0 fully saturated rings. The highest BCUT2D eigenvalue weighted by atomic mass is 32.1. The first-order valence-electron chi connectivity index (χ1n) is 8.49. The van der Waals surface area contributed by atoms with Crippen molar-refractivity contribution in [3.63, 3.8) is 0 Å². The average molecular weight is 351 g/mol. The van der Waals surface area contributed by atoms with Crippen LogP contribution in [0.1, 0.15) is 53.0 Å². The zero-order valence-corrected chi connectivity index (χ0v) is 16.3. The van der Waals surface area contributed by atoms with E-state index in [2.05, 4.69) is 57.4 Å². The molecule has 0 atom stereocenters. The van der Waals surface area contributed by atoms with E-state index in [1.165, 1.54) is 5.56 Å². The number of ether oxygens (including phenoxy) is 1. The number of amides is 1. The highest BCUT2D eigenvalue weighted by molar-refractivity contribution is 7.80. The van der Waals surface area contributed by atoms with Crippen molar-refractivity contribution < 1.29 is 9.53 Å². The van der Waals surface area contributed by atoms with E-state index in [9.17, 15) is 4.79 Å². The number of thiocarbonyl (C=S) groups is 1. The lowest BCUT2D eigenvalue weighted by Crippen LogP contribution is -2.40. The van der Waals surface area contributed by atoms with Crippen molar-refractivity contribution >= 4 is 23.2 Å². The standard InChI is InChI=1S/C19H30N2O2S/c1-14(2)13-20-18(24)21-17(22)7-6-12-23-16-10-8-15(9-11-16)19(3,4)5/h8-11,14H,6-7,12-13H2,1-5H3,(H2,20,21,22,24). The Hall–Kier alpha value is -1.62. The lowest BCUT2D eigenvalue weighted by Gasteiger charge is -2.19. The molecular formula is C19H30N2O2S. The highest BCUT2D eigenvalue weighted by Gasteiger charge is 2.13. The molecule has 2 N–H and O–H groups in total. The Kier molecular flexibility index (Phi) is 8.19. The van der Waals surface area contributed by atoms with Crippen LogP contribution in [0.5, 0.6) is 5.75 Å². The molecule has 0 unspecified atom stereocenters. The molecular weight excluding hydrogens is 320 g/mol. The van der Waals surface area contributed by atoms with Gasteiger partial charge in [0.2, 0.25) is 5.91 Å². The van der Waals surface area contributed by atoms with E-state index < -0.39 is 0 Å². The minimum Gasteiger partial charge on any atom is -0.494 e. The SMILES string of the molecule is CC(C)CNC(=S)NC(=O)CCCOc1ccc(C(C)(C)C)cc1. The summed E-state index contributed by atoms with van der Waals surface area (Å²) in [4.78, 5) is 11.8. The fourth-order valence-electron chi connectivity index (χ4n) is 2.00. The average Bonchev–Trinajstić information content (AvgIpc) is 2.49. The van der Waals surface area contributed by atoms with Gasteiger partial charge in [0.25, 0.3) is 0 Å². The van der Waals surface area contributed by atoms with E-state index in [-0.39, 0.29) is 11.3 Å². The van der Waals surface area contributed by atoms with Gasteiger partial charge in [0.05, 0.1) is 6.61 Å². The Labute approximate surface area is 151 Å². The van der Waals surface area contributed by atoms with Gasteiger partial charge in [0.15, 0.2) is 5.11 Å². The van der Waals surface area contributed by atoms with Crippen LogP contribution in [0.15, 0.2) is 24.3 Å². The van der Waals surface area contributed by atoms with Gasteiger partial charge in [-0.1, -0.05) is 46.8 Å². The minimum absolute atomic E-state index is 0.0806. The maximum Gasteiger partial charge on any atom is 0.226 e. The van der Waals surface area contributed by atoms with Gasteiger partial charge in [0.1, 0.15) is 5.75 Å². The Morgan fingerprint density at radius 3 is 2.38 bits per heavy atom. The third kappa shape index (κ3) is 8.29. The third-order valence-corrected chi connectivity index (χ3v) is 3.71. The zero-order valence-electron chi connectivity index (χ0n) is 15.4. The lowest BCUT2D eigenvalue weighted by molar-refractivity contribution is -0.119. The van der Waals surface area contributed by atoms with E-state index in [0.29, 0.717) is 30.5 Å². The third-order valence-electron chi connectivity index (χ3n) is 3.46. The zero-order chi connectivity index (χ0) is 18.2. The van der Waals surface area contributed by atoms with Crippen LogP contribution in [0.4, 0.5) is 0 Å². The fourth-order valence-corrected chi connectivity index (χ4v) is 2.20. The molecule has 0 bridgehead atoms. The molecule has 4 nitrogen and oxygen atoms in total. The normalized spacial score (nSPS) is 11.2. The summed E-state index contributed by atoms with van der Waals surface area (Å²) in [7, 11) is 0. The summed E-state index contributed by atoms with van der Waals surface area (Å²) in [6.45, 7) is 12.0. The monoisotopic (exact) mass is 350 g/mol. The maximum atomic E-state index is 11.8. The van der Waals surface area contributed by atoms with Crippen LogP contribution in [-0.4, -0.2) is 24.2 Å². The van der Waals surface area contributed by atoms with Crippen LogP contribution in [0.25, 0.3) is 0 Å². The predicted molar refractivity (Wildman–Crippen MR) is 103 cm³/mol. The Balaban J connectivity index is 2.23. The molecule has 1 aromatic carbocycles. The number of nitrogens with one attached hydrogen (secondary N) is 2. The van der Waals surface area contributed by atoms with Gasteiger partial charge in [-0.3, -0.25) is 4.79 Å². The van der Waals surface area contributed by atoms with Crippen molar-refractivity contribution in [2.75, 3.05) is 13.2 Å². The largest absolute Gasteiger partial charge is 0.494 e. The van der Waals surface area contributed by atoms with Crippen molar-refractivity contribution in [3.05, 3.63) is 29.8 Å². The van der Waals surface area contributed by atoms with Crippen LogP contribution in [0.2, 0.25) is 0 Å². The first kappa shape index (κ1) is 20.4. The number of hydrogen-bond donors (Lipinski definition) is 2. The molecule has 0 aromatic heterocycles. The second kappa shape index (κ2) is 9.62. The van der Waals surface area contributed by atoms with Crippen molar-refractivity contribution in [1.82, 2.24) is 10.6 Å². The summed E-state index contributed by atoms with van der Waals surface area (Å²) in [5.74, 6) is 1.23. The molecule has 0 saturated carbocycles. The number of benzene rings is 1. The molecule has 0 aliphatic heterocycles. The van der Waals surface area contributed by atoms with Gasteiger partial charge in [-0.05, 0) is 47.7 Å². The number of rotatable bonds is 7. The van der Waals surface area contributed by atoms with Crippen molar-refractivity contribution in [1.29, 1.82) is 0 Å². The van der Waals surface area contributed by atoms with Crippen LogP contribution < -0.4 is 15.4 Å². The van der Waals surface area contributed by atoms with Gasteiger partial charge < -0.3 is 15.4 Å². The molecule has 0 spiro atoms. The molecule has 24 heavy (non-hydrogen) atoms. The number of carbonyl (C=O) groups excluding carboxylic acids is 1. The van der Waals surface area contributed by atoms with Gasteiger partial charge in [-0.15, -0.1) is 0 Å². The Bertz CT molecular complexity index is 533. The lowest BCUT2D eigenvalue weighted by atomic mass is 9.87. The summed E-state index contributed by atoms with van der Waals surface area (Å²) in [6, 6.07) is 8.12. The Morgan fingerprint density at radius 2 is 1.83 bits per heavy atom. The molecule has 0 heterocycles. The molecule has 134 valence electrons. The van der Waals surface area contributed by atoms with E-state index >= 15 is 0 Å². The van der Waals surface area contributed by atoms with Crippen LogP contribution in [-0.2, 0) is 10.2 Å². The van der Waals surface area contributed by atoms with Crippen LogP contribution >= 0.6 is 12.2 Å². The summed E-state index contributed by atoms with van der Waals surface area (Å²) >= 11 is 5.07. The van der Waals surface area contributed by atoms with Gasteiger partial charge in [-0.2, -0.15) is 0 Å². The summed E-state index contributed by atoms with van der Waals surface area (Å²) in [6.07, 6.45) is 1.04. The summed E-state index contributed by atoms with van der Waals surface area (Å²) in [5, 5.41) is 6.09. The molecule has 0 aliphatic rings. The van der Waals surface area contributed by atoms with Crippen LogP contribution in [0, 0.1) is 5.92 Å². The molecule has 0 saturated heterocycles. The molecule has 0 radical (unpaired) electrons. The second-order valence-corrected chi connectivity index (χ2v) is 7.79. The van der Waals surface area contributed by atoms with Gasteiger partial charge >= 0.3 is 0 Å². The molecule has 5 heteroatoms. The summed E-state index contributed by atoms with van der Waals surface area (Å²) in [5.41, 5.74) is 1.41. The molecule has 1 rings (SSSR count). The number of carbonyl (C=O) groups is 1. The highest BCUT2D eigenvalue weighted by Crippen LogP contribution is 2.24. The minimum atomic E-state index is -0.0806. The topological polar surface area (TPSA) is 50.4 Å². The van der Waals surface area contributed by atoms with E-state index in [4.69, 9.17) is 17.0 Å². The molecule has 1 amide bonds. The first-order valence-corrected chi connectivity index (χ1v) is 8.90.